The van der Waals surface area contributed by atoms with Crippen molar-refractivity contribution in [2.45, 2.75) is 0 Å². The molecule has 0 bridgehead atoms. The molecule has 0 aromatic heterocycles. The molecule has 0 saturated heterocycles. The summed E-state index contributed by atoms with van der Waals surface area (Å²) in [6.45, 7) is 0. The van der Waals surface area contributed by atoms with Gasteiger partial charge in [-0.3, -0.25) is 0 Å². The van der Waals surface area contributed by atoms with Crippen molar-refractivity contribution in [3.8, 4) is 0 Å². The Kier molecular flexibility index (Phi) is 6.48. The van der Waals surface area contributed by atoms with Crippen molar-refractivity contribution in [2.24, 2.45) is 0 Å². The number of hydrogen-bond donors (Lipinski definition) is 0. The number of hydrogen-bond acceptors (Lipinski definition) is 3. The Morgan fingerprint density at radius 2 is 1.44 bits per heavy atom. The Balaban J connectivity index is 3.92. The minimum atomic E-state index is 0.187. The predicted octanol–water partition coefficient (Wildman–Crippen LogP) is -0.876. The third-order valence-electron chi connectivity index (χ3n) is 1.14. The van der Waals surface area contributed by atoms with Crippen molar-refractivity contribution >= 4 is 74.8 Å². The normalized spacial score (nSPS) is 6.22. The van der Waals surface area contributed by atoms with Crippen LogP contribution < -0.4 is 0 Å². The van der Waals surface area contributed by atoms with Gasteiger partial charge in [0, 0.05) is 0 Å². The van der Waals surface area contributed by atoms with Crippen LogP contribution in [0.15, 0.2) is 0 Å². The van der Waals surface area contributed by atoms with Crippen molar-refractivity contribution < 1.29 is 0 Å². The van der Waals surface area contributed by atoms with Crippen LogP contribution in [0.5, 0.6) is 0 Å². The quantitative estimate of drug-likeness (QED) is 0.494. The van der Waals surface area contributed by atoms with Crippen molar-refractivity contribution in [2.75, 3.05) is 0 Å². The molecular weight excluding hydrogens is 161 g/mol. The summed E-state index contributed by atoms with van der Waals surface area (Å²) in [7, 11) is 2.00. The van der Waals surface area contributed by atoms with E-state index in [2.05, 4.69) is 0 Å². The molecule has 9 heteroatoms. The van der Waals surface area contributed by atoms with E-state index in [0.29, 0.717) is 6.39 Å². The van der Waals surface area contributed by atoms with Gasteiger partial charge in [-0.2, -0.15) is 0 Å². The molecule has 0 atom stereocenters. The summed E-state index contributed by atoms with van der Waals surface area (Å²) in [4.78, 5) is 0. The SMILES string of the molecule is BB(B=S)B(B=S)B=S. The molecule has 0 unspecified atom stereocenters. The molecule has 0 rings (SSSR count). The second kappa shape index (κ2) is 5.81. The van der Waals surface area contributed by atoms with E-state index in [1.54, 1.807) is 18.1 Å². The molecule has 0 aliphatic carbocycles. The van der Waals surface area contributed by atoms with Crippen LogP contribution in [-0.4, -0.2) is 38.6 Å². The summed E-state index contributed by atoms with van der Waals surface area (Å²) >= 11 is 14.2. The van der Waals surface area contributed by atoms with Crippen LogP contribution in [0.25, 0.3) is 0 Å². The first-order chi connectivity index (χ1) is 4.26. The second-order valence-corrected chi connectivity index (χ2v) is 2.66. The molecule has 0 nitrogen and oxygen atoms in total. The van der Waals surface area contributed by atoms with Gasteiger partial charge in [0.25, 0.3) is 0 Å². The molecule has 0 aliphatic heterocycles. The Labute approximate surface area is 74.7 Å². The van der Waals surface area contributed by atoms with Crippen LogP contribution in [0, 0.1) is 0 Å². The topological polar surface area (TPSA) is 0 Å². The van der Waals surface area contributed by atoms with Crippen LogP contribution in [0.1, 0.15) is 0 Å². The van der Waals surface area contributed by atoms with Crippen molar-refractivity contribution in [3.63, 3.8) is 0 Å². The van der Waals surface area contributed by atoms with E-state index in [1.165, 1.54) is 0 Å². The van der Waals surface area contributed by atoms with E-state index >= 15 is 0 Å². The van der Waals surface area contributed by atoms with E-state index in [1.807, 2.05) is 7.74 Å². The molecule has 0 heterocycles. The van der Waals surface area contributed by atoms with Crippen molar-refractivity contribution in [3.05, 3.63) is 0 Å². The van der Waals surface area contributed by atoms with Crippen LogP contribution in [0.2, 0.25) is 0 Å². The first-order valence-electron chi connectivity index (χ1n) is 2.62. The van der Waals surface area contributed by atoms with E-state index in [9.17, 15) is 0 Å². The first kappa shape index (κ1) is 10.0. The van der Waals surface area contributed by atoms with Gasteiger partial charge >= 0.3 is 74.8 Å². The van der Waals surface area contributed by atoms with Gasteiger partial charge in [-0.1, -0.05) is 0 Å². The number of rotatable bonds is 4. The summed E-state index contributed by atoms with van der Waals surface area (Å²) in [5, 5.41) is 0. The molecule has 0 fully saturated rings. The zero-order valence-electron chi connectivity index (χ0n) is 5.11. The van der Waals surface area contributed by atoms with Crippen LogP contribution in [0.3, 0.4) is 0 Å². The van der Waals surface area contributed by atoms with Gasteiger partial charge in [-0.25, -0.2) is 0 Å². The fourth-order valence-electron chi connectivity index (χ4n) is 0.371. The van der Waals surface area contributed by atoms with Gasteiger partial charge in [-0.05, 0) is 0 Å². The summed E-state index contributed by atoms with van der Waals surface area (Å²) in [6, 6.07) is 5.00. The monoisotopic (exact) mass is 164 g/mol. The third kappa shape index (κ3) is 3.68. The molecule has 0 radical (unpaired) electrons. The molecule has 0 amide bonds. The first-order valence-corrected chi connectivity index (χ1v) is 4.03. The van der Waals surface area contributed by atoms with E-state index in [0.717, 1.165) is 0 Å². The van der Waals surface area contributed by atoms with Gasteiger partial charge in [-0.15, -0.1) is 0 Å². The molecule has 38 valence electrons. The maximum atomic E-state index is 4.73. The molecule has 0 aliphatic rings. The third-order valence-corrected chi connectivity index (χ3v) is 2.19. The Hall–Kier alpha value is 1.05. The molecular formula is H2B6S3. The van der Waals surface area contributed by atoms with Gasteiger partial charge in [0.15, 0.2) is 0 Å². The van der Waals surface area contributed by atoms with E-state index < -0.39 is 0 Å². The van der Waals surface area contributed by atoms with E-state index in [-0.39, 0.29) is 6.39 Å². The Morgan fingerprint density at radius 1 is 1.00 bits per heavy atom. The summed E-state index contributed by atoms with van der Waals surface area (Å²) < 4.78 is 0. The molecule has 9 heavy (non-hydrogen) atoms. The molecule has 0 aromatic carbocycles. The van der Waals surface area contributed by atoms with Crippen LogP contribution >= 0.6 is 36.2 Å². The van der Waals surface area contributed by atoms with Gasteiger partial charge in [0.2, 0.25) is 0 Å². The average Bonchev–Trinajstić information content (AvgIpc) is 1.90. The molecule has 0 saturated carbocycles. The summed E-state index contributed by atoms with van der Waals surface area (Å²) in [5.74, 6) is 0. The Bertz CT molecular complexity index is 111. The summed E-state index contributed by atoms with van der Waals surface area (Å²) in [5.41, 5.74) is 0. The van der Waals surface area contributed by atoms with Gasteiger partial charge in [0.1, 0.15) is 0 Å². The zero-order chi connectivity index (χ0) is 7.28. The van der Waals surface area contributed by atoms with Crippen molar-refractivity contribution in [1.82, 2.24) is 0 Å². The molecule has 0 N–H and O–H groups in total. The molecule has 0 aromatic rings. The fraction of sp³-hybridized carbons (Fsp3) is 0. The second-order valence-electron chi connectivity index (χ2n) is 1.84. The predicted molar refractivity (Wildman–Crippen MR) is 60.1 cm³/mol. The Morgan fingerprint density at radius 3 is 1.56 bits per heavy atom. The van der Waals surface area contributed by atoms with Crippen molar-refractivity contribution in [1.29, 1.82) is 0 Å². The van der Waals surface area contributed by atoms with Gasteiger partial charge in [0.05, 0.1) is 0 Å². The maximum absolute atomic E-state index is 4.73. The van der Waals surface area contributed by atoms with Crippen LogP contribution in [0.4, 0.5) is 0 Å². The fourth-order valence-corrected chi connectivity index (χ4v) is 1.30. The zero-order valence-corrected chi connectivity index (χ0v) is 7.56. The van der Waals surface area contributed by atoms with E-state index in [4.69, 9.17) is 36.2 Å². The van der Waals surface area contributed by atoms with Gasteiger partial charge < -0.3 is 0 Å². The standard InChI is InChI=1S/B6H2S3/c1-5(2-7)6(3-8)4-9/h1H2. The average molecular weight is 163 g/mol. The van der Waals surface area contributed by atoms with Crippen LogP contribution in [-0.2, 0) is 0 Å². The summed E-state index contributed by atoms with van der Waals surface area (Å²) in [6.07, 6.45) is 0.488. The molecule has 0 spiro atoms. The minimum absolute atomic E-state index is 0.187.